The summed E-state index contributed by atoms with van der Waals surface area (Å²) in [6.07, 6.45) is -3.00. The molecule has 5 heteroatoms. The summed E-state index contributed by atoms with van der Waals surface area (Å²) in [7, 11) is 1.06. The van der Waals surface area contributed by atoms with Crippen molar-refractivity contribution in [2.45, 2.75) is 6.43 Å². The normalized spacial score (nSPS) is 9.62. The minimum atomic E-state index is -3.00. The third kappa shape index (κ3) is 1.83. The topological polar surface area (TPSA) is 46.3 Å². The third-order valence-electron chi connectivity index (χ3n) is 0.534. The van der Waals surface area contributed by atoms with Crippen molar-refractivity contribution in [3.8, 4) is 0 Å². The maximum absolute atomic E-state index is 11.2. The predicted molar refractivity (Wildman–Crippen MR) is 23.0 cm³/mol. The van der Waals surface area contributed by atoms with Crippen LogP contribution in [0.2, 0.25) is 0 Å². The van der Waals surface area contributed by atoms with Crippen LogP contribution in [0.15, 0.2) is 0 Å². The van der Waals surface area contributed by atoms with Gasteiger partial charge in [0, 0.05) is 7.05 Å². The number of hydrogen-bond donors (Lipinski definition) is 1. The Hall–Kier alpha value is -0.710. The molecule has 0 bridgehead atoms. The van der Waals surface area contributed by atoms with Crippen molar-refractivity contribution in [3.05, 3.63) is 0 Å². The van der Waals surface area contributed by atoms with Crippen molar-refractivity contribution in [2.75, 3.05) is 7.05 Å². The first-order valence-electron chi connectivity index (χ1n) is 1.86. The summed E-state index contributed by atoms with van der Waals surface area (Å²) in [6, 6.07) is 0. The van der Waals surface area contributed by atoms with Gasteiger partial charge in [0.25, 0.3) is 0 Å². The van der Waals surface area contributed by atoms with E-state index in [9.17, 15) is 13.6 Å². The van der Waals surface area contributed by atoms with Gasteiger partial charge < -0.3 is 0 Å². The monoisotopic (exact) mass is 124 g/mol. The van der Waals surface area contributed by atoms with Crippen molar-refractivity contribution < 1.29 is 13.6 Å². The highest BCUT2D eigenvalue weighted by atomic mass is 19.3. The Kier molecular flexibility index (Phi) is 2.33. The van der Waals surface area contributed by atoms with Gasteiger partial charge in [-0.1, -0.05) is 0 Å². The van der Waals surface area contributed by atoms with Crippen LogP contribution in [0.4, 0.5) is 8.78 Å². The number of hydrogen-bond acceptors (Lipinski definition) is 2. The number of rotatable bonds is 1. The fourth-order valence-corrected chi connectivity index (χ4v) is 0.154. The number of nitrogens with zero attached hydrogens (tertiary/aromatic N) is 1. The van der Waals surface area contributed by atoms with Crippen LogP contribution in [-0.2, 0) is 4.79 Å². The molecule has 48 valence electrons. The maximum atomic E-state index is 11.2. The summed E-state index contributed by atoms with van der Waals surface area (Å²) < 4.78 is 22.4. The molecule has 1 amide bonds. The second kappa shape index (κ2) is 2.56. The molecule has 0 atom stereocenters. The van der Waals surface area contributed by atoms with Gasteiger partial charge >= 0.3 is 12.3 Å². The zero-order chi connectivity index (χ0) is 6.73. The number of hydrazine groups is 1. The average molecular weight is 124 g/mol. The SMILES string of the molecule is CN(N)C(=O)C(F)F. The standard InChI is InChI=1S/C3H6F2N2O/c1-7(6)3(8)2(4)5/h2H,6H2,1H3. The lowest BCUT2D eigenvalue weighted by atomic mass is 10.6. The Balaban J connectivity index is 3.65. The molecular weight excluding hydrogens is 118 g/mol. The fraction of sp³-hybridized carbons (Fsp3) is 0.667. The third-order valence-corrected chi connectivity index (χ3v) is 0.534. The number of carbonyl (C=O) groups excluding carboxylic acids is 1. The van der Waals surface area contributed by atoms with Gasteiger partial charge in [-0.2, -0.15) is 8.78 Å². The molecule has 0 aromatic rings. The van der Waals surface area contributed by atoms with Gasteiger partial charge in [-0.25, -0.2) is 5.84 Å². The van der Waals surface area contributed by atoms with E-state index in [1.165, 1.54) is 0 Å². The Labute approximate surface area is 45.0 Å². The van der Waals surface area contributed by atoms with Gasteiger partial charge in [0.1, 0.15) is 0 Å². The number of carbonyl (C=O) groups is 1. The molecule has 2 N–H and O–H groups in total. The number of nitrogens with two attached hydrogens (primary N) is 1. The van der Waals surface area contributed by atoms with Gasteiger partial charge in [0.15, 0.2) is 0 Å². The molecule has 0 saturated heterocycles. The average Bonchev–Trinajstić information content (AvgIpc) is 1.64. The first-order chi connectivity index (χ1) is 3.55. The first kappa shape index (κ1) is 7.29. The summed E-state index contributed by atoms with van der Waals surface area (Å²) in [5.41, 5.74) is 0. The quantitative estimate of drug-likeness (QED) is 0.293. The lowest BCUT2D eigenvalue weighted by Crippen LogP contribution is -2.37. The summed E-state index contributed by atoms with van der Waals surface area (Å²) in [6.45, 7) is 0. The molecule has 0 heterocycles. The van der Waals surface area contributed by atoms with Gasteiger partial charge in [-0.05, 0) is 0 Å². The van der Waals surface area contributed by atoms with Crippen molar-refractivity contribution in [2.24, 2.45) is 5.84 Å². The molecule has 8 heavy (non-hydrogen) atoms. The van der Waals surface area contributed by atoms with Crippen LogP contribution in [-0.4, -0.2) is 24.4 Å². The van der Waals surface area contributed by atoms with Gasteiger partial charge in [-0.15, -0.1) is 0 Å². The molecule has 0 rings (SSSR count). The van der Waals surface area contributed by atoms with Gasteiger partial charge in [0.05, 0.1) is 0 Å². The second-order valence-electron chi connectivity index (χ2n) is 1.25. The van der Waals surface area contributed by atoms with Crippen molar-refractivity contribution in [1.29, 1.82) is 0 Å². The number of alkyl halides is 2. The van der Waals surface area contributed by atoms with E-state index in [0.717, 1.165) is 7.05 Å². The van der Waals surface area contributed by atoms with Crippen LogP contribution in [0.25, 0.3) is 0 Å². The van der Waals surface area contributed by atoms with Crippen molar-refractivity contribution in [3.63, 3.8) is 0 Å². The number of halogens is 2. The predicted octanol–water partition coefficient (Wildman–Crippen LogP) is -0.416. The second-order valence-corrected chi connectivity index (χ2v) is 1.25. The van der Waals surface area contributed by atoms with E-state index in [4.69, 9.17) is 0 Å². The Morgan fingerprint density at radius 1 is 1.75 bits per heavy atom. The zero-order valence-electron chi connectivity index (χ0n) is 4.27. The minimum absolute atomic E-state index is 0.352. The fourth-order valence-electron chi connectivity index (χ4n) is 0.154. The summed E-state index contributed by atoms with van der Waals surface area (Å²) in [4.78, 5) is 9.89. The van der Waals surface area contributed by atoms with E-state index in [0.29, 0.717) is 5.01 Å². The summed E-state index contributed by atoms with van der Waals surface area (Å²) >= 11 is 0. The van der Waals surface area contributed by atoms with Crippen LogP contribution < -0.4 is 5.84 Å². The molecule has 0 aliphatic heterocycles. The van der Waals surface area contributed by atoms with E-state index >= 15 is 0 Å². The molecule has 0 fully saturated rings. The highest BCUT2D eigenvalue weighted by Crippen LogP contribution is 1.92. The molecule has 0 unspecified atom stereocenters. The van der Waals surface area contributed by atoms with Crippen LogP contribution in [0.1, 0.15) is 0 Å². The zero-order valence-corrected chi connectivity index (χ0v) is 4.27. The maximum Gasteiger partial charge on any atom is 0.317 e. The highest BCUT2D eigenvalue weighted by molar-refractivity contribution is 5.78. The van der Waals surface area contributed by atoms with E-state index in [1.807, 2.05) is 0 Å². The highest BCUT2D eigenvalue weighted by Gasteiger charge is 2.16. The Morgan fingerprint density at radius 3 is 2.12 bits per heavy atom. The molecule has 0 spiro atoms. The summed E-state index contributed by atoms with van der Waals surface area (Å²) in [5.74, 6) is 3.27. The van der Waals surface area contributed by atoms with E-state index in [2.05, 4.69) is 5.84 Å². The van der Waals surface area contributed by atoms with E-state index in [1.54, 1.807) is 0 Å². The molecule has 0 aromatic carbocycles. The van der Waals surface area contributed by atoms with Crippen LogP contribution in [0.5, 0.6) is 0 Å². The van der Waals surface area contributed by atoms with Crippen LogP contribution in [0, 0.1) is 0 Å². The summed E-state index contributed by atoms with van der Waals surface area (Å²) in [5, 5.41) is 0.352. The number of amides is 1. The molecule has 0 radical (unpaired) electrons. The first-order valence-corrected chi connectivity index (χ1v) is 1.86. The smallest absolute Gasteiger partial charge is 0.279 e. The lowest BCUT2D eigenvalue weighted by molar-refractivity contribution is -0.141. The molecule has 0 aromatic heterocycles. The molecule has 0 aliphatic carbocycles. The van der Waals surface area contributed by atoms with Gasteiger partial charge in [-0.3, -0.25) is 9.80 Å². The molecule has 0 saturated carbocycles. The van der Waals surface area contributed by atoms with Gasteiger partial charge in [0.2, 0.25) is 0 Å². The largest absolute Gasteiger partial charge is 0.317 e. The lowest BCUT2D eigenvalue weighted by Gasteiger charge is -2.06. The van der Waals surface area contributed by atoms with Crippen molar-refractivity contribution in [1.82, 2.24) is 5.01 Å². The van der Waals surface area contributed by atoms with Crippen LogP contribution >= 0.6 is 0 Å². The Morgan fingerprint density at radius 2 is 2.12 bits per heavy atom. The minimum Gasteiger partial charge on any atom is -0.279 e. The Bertz CT molecular complexity index is 83.3. The van der Waals surface area contributed by atoms with E-state index in [-0.39, 0.29) is 0 Å². The molecular formula is C3H6F2N2O. The van der Waals surface area contributed by atoms with Crippen LogP contribution in [0.3, 0.4) is 0 Å². The molecule has 3 nitrogen and oxygen atoms in total. The van der Waals surface area contributed by atoms with E-state index < -0.39 is 12.3 Å². The molecule has 0 aliphatic rings. The van der Waals surface area contributed by atoms with Crippen molar-refractivity contribution >= 4 is 5.91 Å².